The molecule has 3 amide bonds. The van der Waals surface area contributed by atoms with Gasteiger partial charge in [-0.15, -0.1) is 0 Å². The van der Waals surface area contributed by atoms with E-state index in [1.807, 2.05) is 13.8 Å². The van der Waals surface area contributed by atoms with Crippen LogP contribution in [0, 0.1) is 19.8 Å². The molecular weight excluding hydrogens is 354 g/mol. The van der Waals surface area contributed by atoms with E-state index >= 15 is 0 Å². The maximum Gasteiger partial charge on any atom is 0.327 e. The lowest BCUT2D eigenvalue weighted by molar-refractivity contribution is -0.139. The molecule has 1 aromatic rings. The van der Waals surface area contributed by atoms with Gasteiger partial charge in [-0.2, -0.15) is 0 Å². The molecule has 3 saturated heterocycles. The summed E-state index contributed by atoms with van der Waals surface area (Å²) in [5.41, 5.74) is 3.69. The van der Waals surface area contributed by atoms with Gasteiger partial charge in [0.15, 0.2) is 0 Å². The number of likely N-dealkylation sites (N-methyl/N-ethyl adjacent to an activating group) is 1. The molecule has 1 N–H and O–H groups in total. The summed E-state index contributed by atoms with van der Waals surface area (Å²) in [4.78, 5) is 33.8. The third-order valence-electron chi connectivity index (χ3n) is 6.24. The van der Waals surface area contributed by atoms with Gasteiger partial charge in [-0.1, -0.05) is 19.9 Å². The van der Waals surface area contributed by atoms with Crippen LogP contribution in [-0.2, 0) is 4.79 Å². The second-order valence-electron chi connectivity index (χ2n) is 8.72. The van der Waals surface area contributed by atoms with E-state index in [9.17, 15) is 9.59 Å². The number of fused-ring (bicyclic) bond motifs is 3. The van der Waals surface area contributed by atoms with Crippen LogP contribution in [-0.4, -0.2) is 71.8 Å². The Morgan fingerprint density at radius 3 is 2.57 bits per heavy atom. The van der Waals surface area contributed by atoms with Gasteiger partial charge in [-0.25, -0.2) is 4.79 Å². The number of aryl methyl sites for hydroxylation is 2. The molecule has 0 aliphatic carbocycles. The number of nitrogens with zero attached hydrogens (tertiary/aromatic N) is 4. The van der Waals surface area contributed by atoms with Gasteiger partial charge < -0.3 is 9.80 Å². The molecule has 7 heteroatoms. The highest BCUT2D eigenvalue weighted by molar-refractivity contribution is 6.00. The molecule has 3 aliphatic rings. The monoisotopic (exact) mass is 385 g/mol. The number of benzene rings is 1. The Hall–Kier alpha value is -2.12. The van der Waals surface area contributed by atoms with E-state index in [1.54, 1.807) is 11.9 Å². The molecule has 152 valence electrons. The zero-order chi connectivity index (χ0) is 20.2. The number of hydrogen-bond acceptors (Lipinski definition) is 5. The number of hydrogen-bond donors (Lipinski definition) is 1. The average molecular weight is 386 g/mol. The van der Waals surface area contributed by atoms with Crippen molar-refractivity contribution in [2.75, 3.05) is 31.6 Å². The summed E-state index contributed by atoms with van der Waals surface area (Å²) >= 11 is 0. The molecule has 0 aromatic heterocycles. The minimum atomic E-state index is -0.333. The van der Waals surface area contributed by atoms with E-state index in [0.717, 1.165) is 25.2 Å². The van der Waals surface area contributed by atoms with Crippen LogP contribution in [0.25, 0.3) is 0 Å². The van der Waals surface area contributed by atoms with Gasteiger partial charge in [0, 0.05) is 32.4 Å². The molecule has 7 nitrogen and oxygen atoms in total. The molecule has 3 atom stereocenters. The Morgan fingerprint density at radius 1 is 1.14 bits per heavy atom. The second-order valence-corrected chi connectivity index (χ2v) is 8.72. The van der Waals surface area contributed by atoms with E-state index in [1.165, 1.54) is 16.0 Å². The number of carbonyl (C=O) groups excluding carboxylic acids is 2. The minimum Gasteiger partial charge on any atom is -0.343 e. The molecule has 4 rings (SSSR count). The third-order valence-corrected chi connectivity index (χ3v) is 6.24. The van der Waals surface area contributed by atoms with Crippen LogP contribution >= 0.6 is 0 Å². The molecule has 0 radical (unpaired) electrons. The summed E-state index contributed by atoms with van der Waals surface area (Å²) in [5.74, 6) is 0.176. The van der Waals surface area contributed by atoms with E-state index in [2.05, 4.69) is 47.2 Å². The average Bonchev–Trinajstić information content (AvgIpc) is 3.05. The van der Waals surface area contributed by atoms with Crippen LogP contribution in [0.15, 0.2) is 18.2 Å². The van der Waals surface area contributed by atoms with Crippen molar-refractivity contribution in [3.05, 3.63) is 29.3 Å². The smallest absolute Gasteiger partial charge is 0.327 e. The fourth-order valence-corrected chi connectivity index (χ4v) is 4.62. The van der Waals surface area contributed by atoms with Gasteiger partial charge >= 0.3 is 6.03 Å². The quantitative estimate of drug-likeness (QED) is 0.862. The number of urea groups is 1. The van der Waals surface area contributed by atoms with Crippen molar-refractivity contribution in [1.29, 1.82) is 0 Å². The standard InChI is InChI=1S/C21H31N5O2/c1-13(2)12-26-19(27)17-18(23(5)21(26)28)22-20-24(9-6-10-25(17)20)16-8-7-14(3)15(4)11-16/h7-8,11,13,17-18,20,22H,6,9-10,12H2,1-5H3. The Kier molecular flexibility index (Phi) is 4.83. The highest BCUT2D eigenvalue weighted by Crippen LogP contribution is 2.33. The molecule has 28 heavy (non-hydrogen) atoms. The molecule has 0 saturated carbocycles. The van der Waals surface area contributed by atoms with Gasteiger partial charge in [0.05, 0.1) is 0 Å². The zero-order valence-corrected chi connectivity index (χ0v) is 17.5. The highest BCUT2D eigenvalue weighted by Gasteiger charge is 2.56. The van der Waals surface area contributed by atoms with Crippen LogP contribution in [0.5, 0.6) is 0 Å². The van der Waals surface area contributed by atoms with Crippen molar-refractivity contribution in [3.63, 3.8) is 0 Å². The normalized spacial score (nSPS) is 28.2. The summed E-state index contributed by atoms with van der Waals surface area (Å²) < 4.78 is 0. The maximum atomic E-state index is 13.3. The number of carbonyl (C=O) groups is 2. The number of nitrogens with one attached hydrogen (secondary N) is 1. The summed E-state index contributed by atoms with van der Waals surface area (Å²) in [6, 6.07) is 5.98. The first-order valence-corrected chi connectivity index (χ1v) is 10.2. The van der Waals surface area contributed by atoms with Crippen molar-refractivity contribution < 1.29 is 9.59 Å². The molecule has 3 fully saturated rings. The van der Waals surface area contributed by atoms with Crippen LogP contribution in [0.2, 0.25) is 0 Å². The molecule has 0 bridgehead atoms. The first-order chi connectivity index (χ1) is 13.3. The zero-order valence-electron chi connectivity index (χ0n) is 17.5. The third kappa shape index (κ3) is 2.97. The Labute approximate surface area is 167 Å². The van der Waals surface area contributed by atoms with E-state index < -0.39 is 0 Å². The Balaban J connectivity index is 1.65. The predicted octanol–water partition coefficient (Wildman–Crippen LogP) is 1.95. The van der Waals surface area contributed by atoms with E-state index in [0.29, 0.717) is 6.54 Å². The highest BCUT2D eigenvalue weighted by atomic mass is 16.2. The predicted molar refractivity (Wildman–Crippen MR) is 109 cm³/mol. The van der Waals surface area contributed by atoms with Crippen LogP contribution in [0.3, 0.4) is 0 Å². The maximum absolute atomic E-state index is 13.3. The first-order valence-electron chi connectivity index (χ1n) is 10.2. The fourth-order valence-electron chi connectivity index (χ4n) is 4.62. The lowest BCUT2D eigenvalue weighted by Gasteiger charge is -2.44. The molecule has 1 aromatic carbocycles. The summed E-state index contributed by atoms with van der Waals surface area (Å²) in [6.07, 6.45) is 0.619. The van der Waals surface area contributed by atoms with Crippen molar-refractivity contribution in [1.82, 2.24) is 20.0 Å². The van der Waals surface area contributed by atoms with Crippen LogP contribution in [0.4, 0.5) is 10.5 Å². The van der Waals surface area contributed by atoms with Gasteiger partial charge in [0.25, 0.3) is 5.91 Å². The molecule has 3 aliphatic heterocycles. The lowest BCUT2D eigenvalue weighted by Crippen LogP contribution is -2.66. The molecular formula is C21H31N5O2. The molecule has 3 heterocycles. The second kappa shape index (κ2) is 7.04. The van der Waals surface area contributed by atoms with Gasteiger partial charge in [-0.3, -0.25) is 19.9 Å². The van der Waals surface area contributed by atoms with Crippen molar-refractivity contribution in [2.24, 2.45) is 5.92 Å². The number of imide groups is 1. The fraction of sp³-hybridized carbons (Fsp3) is 0.619. The van der Waals surface area contributed by atoms with Gasteiger partial charge in [-0.05, 0) is 49.4 Å². The Bertz CT molecular complexity index is 795. The summed E-state index contributed by atoms with van der Waals surface area (Å²) in [7, 11) is 1.80. The largest absolute Gasteiger partial charge is 0.343 e. The minimum absolute atomic E-state index is 0.0706. The lowest BCUT2D eigenvalue weighted by atomic mass is 10.1. The van der Waals surface area contributed by atoms with Gasteiger partial charge in [0.2, 0.25) is 0 Å². The summed E-state index contributed by atoms with van der Waals surface area (Å²) in [6.45, 7) is 10.6. The van der Waals surface area contributed by atoms with Crippen LogP contribution in [0.1, 0.15) is 31.4 Å². The van der Waals surface area contributed by atoms with Gasteiger partial charge in [0.1, 0.15) is 18.5 Å². The summed E-state index contributed by atoms with van der Waals surface area (Å²) in [5, 5.41) is 3.57. The van der Waals surface area contributed by atoms with Crippen molar-refractivity contribution >= 4 is 17.6 Å². The van der Waals surface area contributed by atoms with Crippen LogP contribution < -0.4 is 10.2 Å². The number of anilines is 1. The molecule has 0 spiro atoms. The number of amides is 3. The van der Waals surface area contributed by atoms with E-state index in [-0.39, 0.29) is 36.4 Å². The Morgan fingerprint density at radius 2 is 1.89 bits per heavy atom. The van der Waals surface area contributed by atoms with E-state index in [4.69, 9.17) is 0 Å². The first kappa shape index (κ1) is 19.2. The van der Waals surface area contributed by atoms with Crippen molar-refractivity contribution in [2.45, 2.75) is 52.6 Å². The number of rotatable bonds is 3. The van der Waals surface area contributed by atoms with Crippen molar-refractivity contribution in [3.8, 4) is 0 Å². The SMILES string of the molecule is Cc1ccc(N2CCCN3C4C(=O)N(CC(C)C)C(=O)N(C)C4NC23)cc1C. The topological polar surface area (TPSA) is 59.1 Å². The molecule has 3 unspecified atom stereocenters.